The fraction of sp³-hybridized carbons (Fsp3) is 0.343. The Morgan fingerprint density at radius 1 is 0.864 bits per heavy atom. The van der Waals surface area contributed by atoms with Crippen LogP contribution in [0.4, 0.5) is 5.95 Å². The SMILES string of the molecule is CC(=O)NCc1cccc(-c2ccc([C@@H]3O[C@H](CN4CCN(c5ncccn5)CC4)C[C@H](c4ccc(CO)cc4)O3)cc2)c1. The number of nitrogens with one attached hydrogen (secondary N) is 1. The first-order valence-corrected chi connectivity index (χ1v) is 15.2. The molecule has 0 radical (unpaired) electrons. The summed E-state index contributed by atoms with van der Waals surface area (Å²) in [5, 5.41) is 12.4. The van der Waals surface area contributed by atoms with Gasteiger partial charge < -0.3 is 24.8 Å². The van der Waals surface area contributed by atoms with Gasteiger partial charge in [-0.1, -0.05) is 66.7 Å². The molecule has 9 nitrogen and oxygen atoms in total. The first kappa shape index (κ1) is 29.9. The number of aliphatic hydroxyl groups is 1. The van der Waals surface area contributed by atoms with E-state index in [0.717, 1.165) is 78.5 Å². The van der Waals surface area contributed by atoms with Gasteiger partial charge in [-0.3, -0.25) is 9.69 Å². The van der Waals surface area contributed by atoms with E-state index < -0.39 is 6.29 Å². The van der Waals surface area contributed by atoms with Gasteiger partial charge in [0.05, 0.1) is 18.8 Å². The molecule has 0 spiro atoms. The van der Waals surface area contributed by atoms with Crippen LogP contribution in [-0.4, -0.2) is 64.7 Å². The summed E-state index contributed by atoms with van der Waals surface area (Å²) in [7, 11) is 0. The van der Waals surface area contributed by atoms with Gasteiger partial charge in [0.25, 0.3) is 0 Å². The Balaban J connectivity index is 1.16. The number of aromatic nitrogens is 2. The third-order valence-electron chi connectivity index (χ3n) is 8.27. The summed E-state index contributed by atoms with van der Waals surface area (Å²) in [6.07, 6.45) is 3.67. The number of ether oxygens (including phenoxy) is 2. The highest BCUT2D eigenvalue weighted by Crippen LogP contribution is 2.38. The fourth-order valence-electron chi connectivity index (χ4n) is 5.83. The lowest BCUT2D eigenvalue weighted by Crippen LogP contribution is -2.50. The van der Waals surface area contributed by atoms with Crippen LogP contribution in [0.2, 0.25) is 0 Å². The fourth-order valence-corrected chi connectivity index (χ4v) is 5.83. The third-order valence-corrected chi connectivity index (χ3v) is 8.27. The van der Waals surface area contributed by atoms with Crippen LogP contribution in [-0.2, 0) is 27.4 Å². The van der Waals surface area contributed by atoms with E-state index in [1.54, 1.807) is 12.4 Å². The molecule has 6 rings (SSSR count). The zero-order valence-corrected chi connectivity index (χ0v) is 25.0. The van der Waals surface area contributed by atoms with Crippen molar-refractivity contribution in [2.75, 3.05) is 37.6 Å². The summed E-state index contributed by atoms with van der Waals surface area (Å²) >= 11 is 0. The van der Waals surface area contributed by atoms with Crippen LogP contribution in [0.1, 0.15) is 48.0 Å². The summed E-state index contributed by atoms with van der Waals surface area (Å²) in [5.41, 5.74) is 6.16. The van der Waals surface area contributed by atoms with E-state index in [2.05, 4.69) is 61.5 Å². The zero-order valence-electron chi connectivity index (χ0n) is 25.0. The second-order valence-corrected chi connectivity index (χ2v) is 11.4. The summed E-state index contributed by atoms with van der Waals surface area (Å²) in [6.45, 7) is 6.42. The molecule has 3 aromatic carbocycles. The molecule has 0 aliphatic carbocycles. The molecular weight excluding hydrogens is 554 g/mol. The third kappa shape index (κ3) is 7.49. The average Bonchev–Trinajstić information content (AvgIpc) is 3.08. The van der Waals surface area contributed by atoms with E-state index >= 15 is 0 Å². The molecule has 0 bridgehead atoms. The maximum Gasteiger partial charge on any atom is 0.225 e. The number of piperazine rings is 1. The van der Waals surface area contributed by atoms with Crippen LogP contribution >= 0.6 is 0 Å². The Bertz CT molecular complexity index is 1510. The van der Waals surface area contributed by atoms with Crippen LogP contribution in [0, 0.1) is 0 Å². The van der Waals surface area contributed by atoms with E-state index in [-0.39, 0.29) is 24.7 Å². The maximum absolute atomic E-state index is 11.3. The number of hydrogen-bond donors (Lipinski definition) is 2. The molecule has 1 amide bonds. The number of hydrogen-bond acceptors (Lipinski definition) is 8. The Hall–Kier alpha value is -4.15. The standard InChI is InChI=1S/C35H39N5O4/c1-25(42)38-22-27-4-2-5-31(20-27)28-10-12-30(13-11-28)34-43-32(21-33(44-34)29-8-6-26(24-41)7-9-29)23-39-16-18-40(19-17-39)35-36-14-3-15-37-35/h2-15,20,32-34,41H,16-19,21-24H2,1H3,(H,38,42)/t32-,33+,34+/m0/s1. The second-order valence-electron chi connectivity index (χ2n) is 11.4. The molecule has 44 heavy (non-hydrogen) atoms. The molecule has 1 aromatic heterocycles. The van der Waals surface area contributed by atoms with Crippen molar-refractivity contribution < 1.29 is 19.4 Å². The molecule has 2 N–H and O–H groups in total. The number of nitrogens with zero attached hydrogens (tertiary/aromatic N) is 4. The molecule has 0 saturated carbocycles. The van der Waals surface area contributed by atoms with Gasteiger partial charge in [0.2, 0.25) is 11.9 Å². The van der Waals surface area contributed by atoms with Gasteiger partial charge in [-0.05, 0) is 39.9 Å². The number of anilines is 1. The van der Waals surface area contributed by atoms with Crippen LogP contribution in [0.15, 0.2) is 91.3 Å². The minimum absolute atomic E-state index is 0.0130. The zero-order chi connectivity index (χ0) is 30.3. The molecular formula is C35H39N5O4. The smallest absolute Gasteiger partial charge is 0.225 e. The largest absolute Gasteiger partial charge is 0.392 e. The Kier molecular flexibility index (Phi) is 9.58. The van der Waals surface area contributed by atoms with Gasteiger partial charge in [0, 0.05) is 70.6 Å². The molecule has 3 heterocycles. The lowest BCUT2D eigenvalue weighted by Gasteiger charge is -2.40. The highest BCUT2D eigenvalue weighted by Gasteiger charge is 2.34. The van der Waals surface area contributed by atoms with E-state index in [9.17, 15) is 9.90 Å². The first-order chi connectivity index (χ1) is 21.5. The molecule has 9 heteroatoms. The predicted molar refractivity (Wildman–Crippen MR) is 169 cm³/mol. The van der Waals surface area contributed by atoms with Crippen molar-refractivity contribution in [3.8, 4) is 11.1 Å². The number of carbonyl (C=O) groups is 1. The molecule has 2 aliphatic rings. The van der Waals surface area contributed by atoms with Crippen LogP contribution in [0.5, 0.6) is 0 Å². The minimum Gasteiger partial charge on any atom is -0.392 e. The van der Waals surface area contributed by atoms with Crippen LogP contribution in [0.25, 0.3) is 11.1 Å². The van der Waals surface area contributed by atoms with Crippen LogP contribution in [0.3, 0.4) is 0 Å². The number of rotatable bonds is 9. The quantitative estimate of drug-likeness (QED) is 0.290. The summed E-state index contributed by atoms with van der Waals surface area (Å²) < 4.78 is 13.2. The van der Waals surface area contributed by atoms with E-state index in [1.165, 1.54) is 6.92 Å². The Morgan fingerprint density at radius 3 is 2.30 bits per heavy atom. The molecule has 228 valence electrons. The Labute approximate surface area is 258 Å². The normalized spacial score (nSPS) is 20.8. The molecule has 2 fully saturated rings. The van der Waals surface area contributed by atoms with Crippen molar-refractivity contribution in [1.82, 2.24) is 20.2 Å². The number of amides is 1. The van der Waals surface area contributed by atoms with E-state index in [4.69, 9.17) is 9.47 Å². The summed E-state index contributed by atoms with van der Waals surface area (Å²) in [6, 6.07) is 26.4. The van der Waals surface area contributed by atoms with Gasteiger partial charge in [-0.15, -0.1) is 0 Å². The van der Waals surface area contributed by atoms with Crippen molar-refractivity contribution in [1.29, 1.82) is 0 Å². The van der Waals surface area contributed by atoms with Crippen molar-refractivity contribution in [2.45, 2.75) is 45.0 Å². The monoisotopic (exact) mass is 593 g/mol. The van der Waals surface area contributed by atoms with Gasteiger partial charge in [0.1, 0.15) is 0 Å². The lowest BCUT2D eigenvalue weighted by molar-refractivity contribution is -0.253. The topological polar surface area (TPSA) is 100 Å². The average molecular weight is 594 g/mol. The van der Waals surface area contributed by atoms with Gasteiger partial charge in [-0.25, -0.2) is 9.97 Å². The highest BCUT2D eigenvalue weighted by atomic mass is 16.7. The first-order valence-electron chi connectivity index (χ1n) is 15.2. The number of benzene rings is 3. The molecule has 4 aromatic rings. The van der Waals surface area contributed by atoms with E-state index in [0.29, 0.717) is 6.54 Å². The van der Waals surface area contributed by atoms with Crippen molar-refractivity contribution in [2.24, 2.45) is 0 Å². The Morgan fingerprint density at radius 2 is 1.59 bits per heavy atom. The van der Waals surface area contributed by atoms with Crippen molar-refractivity contribution in [3.63, 3.8) is 0 Å². The van der Waals surface area contributed by atoms with Crippen LogP contribution < -0.4 is 10.2 Å². The van der Waals surface area contributed by atoms with Gasteiger partial charge in [0.15, 0.2) is 6.29 Å². The van der Waals surface area contributed by atoms with Crippen molar-refractivity contribution >= 4 is 11.9 Å². The van der Waals surface area contributed by atoms with Gasteiger partial charge >= 0.3 is 0 Å². The summed E-state index contributed by atoms with van der Waals surface area (Å²) in [4.78, 5) is 24.9. The second kappa shape index (κ2) is 14.1. The van der Waals surface area contributed by atoms with Gasteiger partial charge in [-0.2, -0.15) is 0 Å². The number of aliphatic hydroxyl groups excluding tert-OH is 1. The molecule has 2 aliphatic heterocycles. The predicted octanol–water partition coefficient (Wildman–Crippen LogP) is 4.64. The minimum atomic E-state index is -0.504. The molecule has 2 saturated heterocycles. The van der Waals surface area contributed by atoms with Crippen molar-refractivity contribution in [3.05, 3.63) is 114 Å². The van der Waals surface area contributed by atoms with E-state index in [1.807, 2.05) is 42.5 Å². The lowest BCUT2D eigenvalue weighted by atomic mass is 9.98. The molecule has 3 atom stereocenters. The summed E-state index contributed by atoms with van der Waals surface area (Å²) in [5.74, 6) is 0.737. The molecule has 0 unspecified atom stereocenters. The number of carbonyl (C=O) groups excluding carboxylic acids is 1. The highest BCUT2D eigenvalue weighted by molar-refractivity contribution is 5.73. The maximum atomic E-state index is 11.3.